The zero-order chi connectivity index (χ0) is 14.1. The molecule has 1 aromatic heterocycles. The van der Waals surface area contributed by atoms with Crippen molar-refractivity contribution < 1.29 is 9.90 Å². The van der Waals surface area contributed by atoms with E-state index >= 15 is 0 Å². The molecule has 2 heterocycles. The van der Waals surface area contributed by atoms with Crippen molar-refractivity contribution in [2.75, 3.05) is 11.4 Å². The summed E-state index contributed by atoms with van der Waals surface area (Å²) < 4.78 is 0. The number of aromatic carboxylic acids is 1. The maximum Gasteiger partial charge on any atom is 0.335 e. The molecule has 0 aromatic carbocycles. The summed E-state index contributed by atoms with van der Waals surface area (Å²) in [5.74, 6) is 0.505. The number of rotatable bonds is 2. The van der Waals surface area contributed by atoms with Gasteiger partial charge in [-0.2, -0.15) is 0 Å². The maximum atomic E-state index is 11.2. The summed E-state index contributed by atoms with van der Waals surface area (Å²) in [7, 11) is 0. The first-order valence-electron chi connectivity index (χ1n) is 7.32. The Kier molecular flexibility index (Phi) is 3.83. The van der Waals surface area contributed by atoms with Crippen LogP contribution in [-0.2, 0) is 0 Å². The van der Waals surface area contributed by atoms with Gasteiger partial charge in [-0.05, 0) is 43.7 Å². The fraction of sp³-hybridized carbons (Fsp3) is 0.600. The van der Waals surface area contributed by atoms with Gasteiger partial charge in [-0.15, -0.1) is 0 Å². The molecule has 0 bridgehead atoms. The minimum absolute atomic E-state index is 0.220. The van der Waals surface area contributed by atoms with E-state index in [2.05, 4.69) is 9.88 Å². The van der Waals surface area contributed by atoms with Crippen LogP contribution in [0.5, 0.6) is 0 Å². The van der Waals surface area contributed by atoms with E-state index in [-0.39, 0.29) is 10.7 Å². The molecule has 108 valence electrons. The van der Waals surface area contributed by atoms with E-state index in [4.69, 9.17) is 16.7 Å². The second kappa shape index (κ2) is 5.60. The van der Waals surface area contributed by atoms with Gasteiger partial charge in [0.1, 0.15) is 11.0 Å². The highest BCUT2D eigenvalue weighted by molar-refractivity contribution is 6.29. The molecule has 5 heteroatoms. The highest BCUT2D eigenvalue weighted by Gasteiger charge is 2.34. The highest BCUT2D eigenvalue weighted by atomic mass is 35.5. The smallest absolute Gasteiger partial charge is 0.335 e. The summed E-state index contributed by atoms with van der Waals surface area (Å²) in [4.78, 5) is 17.8. The number of piperidine rings is 1. The molecule has 20 heavy (non-hydrogen) atoms. The van der Waals surface area contributed by atoms with Crippen LogP contribution in [0.25, 0.3) is 0 Å². The van der Waals surface area contributed by atoms with E-state index < -0.39 is 5.97 Å². The molecule has 1 saturated heterocycles. The number of hydrogen-bond acceptors (Lipinski definition) is 3. The van der Waals surface area contributed by atoms with Crippen molar-refractivity contribution >= 4 is 23.4 Å². The van der Waals surface area contributed by atoms with Crippen LogP contribution in [-0.4, -0.2) is 28.6 Å². The maximum absolute atomic E-state index is 11.2. The zero-order valence-corrected chi connectivity index (χ0v) is 12.1. The molecule has 1 N–H and O–H groups in total. The molecular formula is C15H19ClN2O2. The quantitative estimate of drug-likeness (QED) is 0.847. The molecule has 2 unspecified atom stereocenters. The van der Waals surface area contributed by atoms with Gasteiger partial charge in [0.25, 0.3) is 0 Å². The zero-order valence-electron chi connectivity index (χ0n) is 11.4. The molecule has 3 rings (SSSR count). The van der Waals surface area contributed by atoms with Gasteiger partial charge >= 0.3 is 5.97 Å². The van der Waals surface area contributed by atoms with Gasteiger partial charge in [0.05, 0.1) is 5.56 Å². The lowest BCUT2D eigenvalue weighted by Gasteiger charge is -2.44. The topological polar surface area (TPSA) is 53.4 Å². The van der Waals surface area contributed by atoms with Crippen LogP contribution in [0.3, 0.4) is 0 Å². The average molecular weight is 295 g/mol. The SMILES string of the molecule is O=C(O)c1cc(Cl)nc(N2CCCC3CCCCC32)c1. The number of hydrogen-bond donors (Lipinski definition) is 1. The molecule has 2 aliphatic rings. The van der Waals surface area contributed by atoms with Crippen LogP contribution < -0.4 is 4.90 Å². The van der Waals surface area contributed by atoms with E-state index in [9.17, 15) is 4.79 Å². The summed E-state index contributed by atoms with van der Waals surface area (Å²) in [5, 5.41) is 9.42. The Bertz CT molecular complexity index is 519. The molecule has 0 amide bonds. The van der Waals surface area contributed by atoms with Crippen molar-refractivity contribution in [1.29, 1.82) is 0 Å². The molecule has 1 aromatic rings. The van der Waals surface area contributed by atoms with Crippen LogP contribution in [0.4, 0.5) is 5.82 Å². The predicted molar refractivity (Wildman–Crippen MR) is 78.5 cm³/mol. The number of halogens is 1. The number of pyridine rings is 1. The number of carbonyl (C=O) groups is 1. The second-order valence-electron chi connectivity index (χ2n) is 5.79. The van der Waals surface area contributed by atoms with Gasteiger partial charge in [0.15, 0.2) is 0 Å². The monoisotopic (exact) mass is 294 g/mol. The lowest BCUT2D eigenvalue weighted by molar-refractivity contribution is 0.0696. The standard InChI is InChI=1S/C15H19ClN2O2/c16-13-8-11(15(19)20)9-14(17-13)18-7-3-5-10-4-1-2-6-12(10)18/h8-10,12H,1-7H2,(H,19,20). The molecule has 1 aliphatic carbocycles. The van der Waals surface area contributed by atoms with Crippen molar-refractivity contribution in [3.63, 3.8) is 0 Å². The van der Waals surface area contributed by atoms with E-state index in [1.165, 1.54) is 38.2 Å². The third-order valence-electron chi connectivity index (χ3n) is 4.57. The normalized spacial score (nSPS) is 26.1. The largest absolute Gasteiger partial charge is 0.478 e. The number of carboxylic acid groups (broad SMARTS) is 1. The van der Waals surface area contributed by atoms with Crippen LogP contribution in [0.1, 0.15) is 48.9 Å². The molecule has 1 saturated carbocycles. The average Bonchev–Trinajstić information content (AvgIpc) is 2.46. The summed E-state index contributed by atoms with van der Waals surface area (Å²) in [6, 6.07) is 3.58. The fourth-order valence-corrected chi connectivity index (χ4v) is 3.87. The highest BCUT2D eigenvalue weighted by Crippen LogP contribution is 2.37. The molecular weight excluding hydrogens is 276 g/mol. The van der Waals surface area contributed by atoms with E-state index in [1.54, 1.807) is 6.07 Å². The first-order chi connectivity index (χ1) is 9.65. The Balaban J connectivity index is 1.92. The molecule has 0 radical (unpaired) electrons. The Morgan fingerprint density at radius 1 is 1.25 bits per heavy atom. The molecule has 0 spiro atoms. The van der Waals surface area contributed by atoms with E-state index in [0.717, 1.165) is 24.7 Å². The van der Waals surface area contributed by atoms with Crippen molar-refractivity contribution in [1.82, 2.24) is 4.98 Å². The van der Waals surface area contributed by atoms with Gasteiger partial charge in [0.2, 0.25) is 0 Å². The van der Waals surface area contributed by atoms with E-state index in [1.807, 2.05) is 0 Å². The van der Waals surface area contributed by atoms with Crippen LogP contribution >= 0.6 is 11.6 Å². The Morgan fingerprint density at radius 2 is 2.00 bits per heavy atom. The number of aromatic nitrogens is 1. The summed E-state index contributed by atoms with van der Waals surface area (Å²) in [6.07, 6.45) is 7.47. The van der Waals surface area contributed by atoms with Crippen molar-refractivity contribution in [3.8, 4) is 0 Å². The van der Waals surface area contributed by atoms with Gasteiger partial charge in [-0.3, -0.25) is 0 Å². The first-order valence-corrected chi connectivity index (χ1v) is 7.70. The fourth-order valence-electron chi connectivity index (χ4n) is 3.66. The summed E-state index contributed by atoms with van der Waals surface area (Å²) >= 11 is 5.99. The first kappa shape index (κ1) is 13.7. The number of fused-ring (bicyclic) bond motifs is 1. The van der Waals surface area contributed by atoms with Crippen molar-refractivity contribution in [3.05, 3.63) is 22.8 Å². The number of nitrogens with zero attached hydrogens (tertiary/aromatic N) is 2. The summed E-state index contributed by atoms with van der Waals surface area (Å²) in [6.45, 7) is 0.952. The lowest BCUT2D eigenvalue weighted by Crippen LogP contribution is -2.47. The van der Waals surface area contributed by atoms with Crippen molar-refractivity contribution in [2.45, 2.75) is 44.6 Å². The predicted octanol–water partition coefficient (Wildman–Crippen LogP) is 3.59. The minimum atomic E-state index is -0.951. The molecule has 2 fully saturated rings. The van der Waals surface area contributed by atoms with Crippen LogP contribution in [0.15, 0.2) is 12.1 Å². The van der Waals surface area contributed by atoms with Gasteiger partial charge in [-0.25, -0.2) is 9.78 Å². The minimum Gasteiger partial charge on any atom is -0.478 e. The van der Waals surface area contributed by atoms with Crippen LogP contribution in [0, 0.1) is 5.92 Å². The molecule has 4 nitrogen and oxygen atoms in total. The Hall–Kier alpha value is -1.29. The number of anilines is 1. The Morgan fingerprint density at radius 3 is 2.80 bits per heavy atom. The van der Waals surface area contributed by atoms with Crippen LogP contribution in [0.2, 0.25) is 5.15 Å². The molecule has 1 aliphatic heterocycles. The third kappa shape index (κ3) is 2.62. The second-order valence-corrected chi connectivity index (χ2v) is 6.18. The molecule has 2 atom stereocenters. The lowest BCUT2D eigenvalue weighted by atomic mass is 9.78. The van der Waals surface area contributed by atoms with Gasteiger partial charge in [0, 0.05) is 12.6 Å². The van der Waals surface area contributed by atoms with E-state index in [0.29, 0.717) is 6.04 Å². The van der Waals surface area contributed by atoms with Gasteiger partial charge < -0.3 is 10.0 Å². The van der Waals surface area contributed by atoms with Gasteiger partial charge in [-0.1, -0.05) is 24.4 Å². The Labute approximate surface area is 123 Å². The third-order valence-corrected chi connectivity index (χ3v) is 4.76. The summed E-state index contributed by atoms with van der Waals surface area (Å²) in [5.41, 5.74) is 0.220. The number of carboxylic acids is 1. The van der Waals surface area contributed by atoms with Crippen molar-refractivity contribution in [2.24, 2.45) is 5.92 Å².